The van der Waals surface area contributed by atoms with E-state index >= 15 is 0 Å². The van der Waals surface area contributed by atoms with E-state index in [1.165, 1.54) is 24.3 Å². The van der Waals surface area contributed by atoms with Crippen molar-refractivity contribution in [3.05, 3.63) is 109 Å². The number of alkyl halides is 3. The SMILES string of the molecule is O=C(Nc1cc(Oc2ccc(Br)cc2)cc([N+](=O)[O-])c1)c1cc2nc(-c3ccc(Cl)c(Cl)c3)cc(C(F)(F)F)n2n1. The van der Waals surface area contributed by atoms with E-state index in [1.807, 2.05) is 0 Å². The molecule has 9 nitrogen and oxygen atoms in total. The monoisotopic (exact) mass is 665 g/mol. The molecule has 0 aliphatic carbocycles. The molecular weight excluding hydrogens is 654 g/mol. The molecular formula is C26H13BrCl2F3N5O4. The Bertz CT molecular complexity index is 1830. The van der Waals surface area contributed by atoms with E-state index in [2.05, 4.69) is 31.3 Å². The number of nitro groups is 1. The number of carbonyl (C=O) groups is 1. The zero-order chi connectivity index (χ0) is 29.5. The third-order valence-corrected chi connectivity index (χ3v) is 6.84. The number of ether oxygens (including phenoxy) is 1. The summed E-state index contributed by atoms with van der Waals surface area (Å²) >= 11 is 15.2. The van der Waals surface area contributed by atoms with Crippen molar-refractivity contribution in [2.75, 3.05) is 5.32 Å². The van der Waals surface area contributed by atoms with Crippen molar-refractivity contribution in [1.82, 2.24) is 14.6 Å². The van der Waals surface area contributed by atoms with Crippen LogP contribution in [0.5, 0.6) is 11.5 Å². The van der Waals surface area contributed by atoms with Crippen LogP contribution in [0.25, 0.3) is 16.9 Å². The molecule has 0 atom stereocenters. The van der Waals surface area contributed by atoms with Gasteiger partial charge in [-0.3, -0.25) is 14.9 Å². The lowest BCUT2D eigenvalue weighted by Crippen LogP contribution is -2.16. The van der Waals surface area contributed by atoms with Gasteiger partial charge in [-0.15, -0.1) is 0 Å². The number of carbonyl (C=O) groups excluding carboxylic acids is 1. The van der Waals surface area contributed by atoms with E-state index < -0.39 is 34.1 Å². The largest absolute Gasteiger partial charge is 0.457 e. The van der Waals surface area contributed by atoms with E-state index in [0.717, 1.165) is 28.7 Å². The summed E-state index contributed by atoms with van der Waals surface area (Å²) < 4.78 is 48.8. The van der Waals surface area contributed by atoms with Crippen LogP contribution >= 0.6 is 39.1 Å². The average Bonchev–Trinajstić information content (AvgIpc) is 3.35. The number of amides is 1. The number of halogens is 6. The second-order valence-corrected chi connectivity index (χ2v) is 10.2. The van der Waals surface area contributed by atoms with Crippen molar-refractivity contribution in [3.8, 4) is 22.8 Å². The third kappa shape index (κ3) is 6.26. The van der Waals surface area contributed by atoms with Gasteiger partial charge in [0.15, 0.2) is 17.0 Å². The van der Waals surface area contributed by atoms with Gasteiger partial charge in [-0.25, -0.2) is 9.50 Å². The number of rotatable bonds is 6. The number of nitro benzene ring substituents is 1. The van der Waals surface area contributed by atoms with Gasteiger partial charge in [-0.05, 0) is 42.5 Å². The Labute approximate surface area is 246 Å². The molecule has 5 rings (SSSR count). The van der Waals surface area contributed by atoms with Crippen LogP contribution in [0.15, 0.2) is 77.3 Å². The Morgan fingerprint density at radius 2 is 1.71 bits per heavy atom. The Morgan fingerprint density at radius 1 is 0.976 bits per heavy atom. The highest BCUT2D eigenvalue weighted by atomic mass is 79.9. The number of hydrogen-bond acceptors (Lipinski definition) is 6. The molecule has 5 aromatic rings. The summed E-state index contributed by atoms with van der Waals surface area (Å²) in [6.07, 6.45) is -4.86. The summed E-state index contributed by atoms with van der Waals surface area (Å²) in [7, 11) is 0. The lowest BCUT2D eigenvalue weighted by atomic mass is 10.1. The van der Waals surface area contributed by atoms with Crippen LogP contribution in [0.1, 0.15) is 16.2 Å². The molecule has 1 amide bonds. The number of anilines is 1. The molecule has 0 fully saturated rings. The van der Waals surface area contributed by atoms with E-state index in [1.54, 1.807) is 24.3 Å². The first-order chi connectivity index (χ1) is 19.4. The first kappa shape index (κ1) is 28.3. The maximum atomic E-state index is 14.0. The van der Waals surface area contributed by atoms with Crippen molar-refractivity contribution in [2.45, 2.75) is 6.18 Å². The fraction of sp³-hybridized carbons (Fsp3) is 0.0385. The van der Waals surface area contributed by atoms with Crippen LogP contribution in [0.3, 0.4) is 0 Å². The van der Waals surface area contributed by atoms with Gasteiger partial charge in [0.25, 0.3) is 11.6 Å². The number of non-ortho nitro benzene ring substituents is 1. The highest BCUT2D eigenvalue weighted by molar-refractivity contribution is 9.10. The van der Waals surface area contributed by atoms with Crippen molar-refractivity contribution in [1.29, 1.82) is 0 Å². The molecule has 1 N–H and O–H groups in total. The lowest BCUT2D eigenvalue weighted by molar-refractivity contribution is -0.384. The molecule has 0 aliphatic heterocycles. The highest BCUT2D eigenvalue weighted by Crippen LogP contribution is 2.35. The highest BCUT2D eigenvalue weighted by Gasteiger charge is 2.36. The van der Waals surface area contributed by atoms with E-state index in [4.69, 9.17) is 27.9 Å². The summed E-state index contributed by atoms with van der Waals surface area (Å²) in [6, 6.07) is 16.3. The van der Waals surface area contributed by atoms with Gasteiger partial charge in [-0.1, -0.05) is 45.2 Å². The number of nitrogens with zero attached hydrogens (tertiary/aromatic N) is 4. The second kappa shape index (κ2) is 11.0. The third-order valence-electron chi connectivity index (χ3n) is 5.57. The molecule has 2 aromatic heterocycles. The van der Waals surface area contributed by atoms with Gasteiger partial charge < -0.3 is 10.1 Å². The Kier molecular flexibility index (Phi) is 7.60. The van der Waals surface area contributed by atoms with Gasteiger partial charge in [0.1, 0.15) is 11.5 Å². The molecule has 0 saturated carbocycles. The summed E-state index contributed by atoms with van der Waals surface area (Å²) in [5.74, 6) is -0.524. The maximum Gasteiger partial charge on any atom is 0.433 e. The molecule has 0 aliphatic rings. The number of nitrogens with one attached hydrogen (secondary N) is 1. The second-order valence-electron chi connectivity index (χ2n) is 8.44. The summed E-state index contributed by atoms with van der Waals surface area (Å²) in [5.41, 5.74) is -2.15. The maximum absolute atomic E-state index is 14.0. The van der Waals surface area contributed by atoms with Crippen molar-refractivity contribution in [3.63, 3.8) is 0 Å². The molecule has 0 saturated heterocycles. The van der Waals surface area contributed by atoms with Crippen molar-refractivity contribution in [2.24, 2.45) is 0 Å². The van der Waals surface area contributed by atoms with Crippen molar-refractivity contribution < 1.29 is 27.6 Å². The van der Waals surface area contributed by atoms with Gasteiger partial charge >= 0.3 is 6.18 Å². The van der Waals surface area contributed by atoms with Crippen LogP contribution in [-0.2, 0) is 6.18 Å². The van der Waals surface area contributed by atoms with Gasteiger partial charge in [0.05, 0.1) is 32.4 Å². The number of aromatic nitrogens is 3. The molecule has 15 heteroatoms. The average molecular weight is 667 g/mol. The molecule has 3 aromatic carbocycles. The fourth-order valence-corrected chi connectivity index (χ4v) is 4.31. The van der Waals surface area contributed by atoms with Crippen LogP contribution in [-0.4, -0.2) is 25.4 Å². The fourth-order valence-electron chi connectivity index (χ4n) is 3.74. The molecule has 0 spiro atoms. The van der Waals surface area contributed by atoms with Crippen LogP contribution in [0.2, 0.25) is 10.0 Å². The zero-order valence-corrected chi connectivity index (χ0v) is 23.2. The zero-order valence-electron chi connectivity index (χ0n) is 20.1. The first-order valence-electron chi connectivity index (χ1n) is 11.3. The topological polar surface area (TPSA) is 112 Å². The van der Waals surface area contributed by atoms with Crippen LogP contribution in [0, 0.1) is 10.1 Å². The summed E-state index contributed by atoms with van der Waals surface area (Å²) in [4.78, 5) is 28.0. The minimum atomic E-state index is -4.86. The quantitative estimate of drug-likeness (QED) is 0.144. The molecule has 208 valence electrons. The van der Waals surface area contributed by atoms with E-state index in [9.17, 15) is 28.1 Å². The first-order valence-corrected chi connectivity index (χ1v) is 12.9. The van der Waals surface area contributed by atoms with Gasteiger partial charge in [-0.2, -0.15) is 18.3 Å². The number of benzene rings is 3. The van der Waals surface area contributed by atoms with Crippen LogP contribution in [0.4, 0.5) is 24.5 Å². The van der Waals surface area contributed by atoms with Crippen LogP contribution < -0.4 is 10.1 Å². The minimum absolute atomic E-state index is 0.0408. The van der Waals surface area contributed by atoms with Gasteiger partial charge in [0, 0.05) is 28.2 Å². The van der Waals surface area contributed by atoms with Crippen molar-refractivity contribution >= 4 is 62.1 Å². The summed E-state index contributed by atoms with van der Waals surface area (Å²) in [5, 5.41) is 18.0. The Hall–Kier alpha value is -4.20. The molecule has 2 heterocycles. The predicted octanol–water partition coefficient (Wildman–Crippen LogP) is 8.44. The van der Waals surface area contributed by atoms with E-state index in [-0.39, 0.29) is 38.4 Å². The number of hydrogen-bond donors (Lipinski definition) is 1. The standard InChI is InChI=1S/C26H13BrCl2F3N5O4/c27-14-2-4-17(5-3-14)41-18-9-15(8-16(10-18)37(39)40)33-25(38)22-12-24-34-21(13-1-6-19(28)20(29)7-13)11-23(26(30,31)32)36(24)35-22/h1-12H,(H,33,38). The lowest BCUT2D eigenvalue weighted by Gasteiger charge is -2.11. The summed E-state index contributed by atoms with van der Waals surface area (Å²) in [6.45, 7) is 0. The molecule has 41 heavy (non-hydrogen) atoms. The Balaban J connectivity index is 1.50. The van der Waals surface area contributed by atoms with E-state index in [0.29, 0.717) is 10.3 Å². The number of fused-ring (bicyclic) bond motifs is 1. The predicted molar refractivity (Wildman–Crippen MR) is 149 cm³/mol. The molecule has 0 bridgehead atoms. The smallest absolute Gasteiger partial charge is 0.433 e. The molecule has 0 radical (unpaired) electrons. The molecule has 0 unspecified atom stereocenters. The van der Waals surface area contributed by atoms with Gasteiger partial charge in [0.2, 0.25) is 0 Å². The Morgan fingerprint density at radius 3 is 2.37 bits per heavy atom. The minimum Gasteiger partial charge on any atom is -0.457 e. The normalized spacial score (nSPS) is 11.5.